The van der Waals surface area contributed by atoms with E-state index >= 15 is 0 Å². The lowest BCUT2D eigenvalue weighted by atomic mass is 10.1. The lowest BCUT2D eigenvalue weighted by Crippen LogP contribution is -2.38. The Morgan fingerprint density at radius 1 is 1.31 bits per heavy atom. The molecule has 6 nitrogen and oxygen atoms in total. The summed E-state index contributed by atoms with van der Waals surface area (Å²) in [5.41, 5.74) is 2.27. The Morgan fingerprint density at radius 2 is 2.12 bits per heavy atom. The molecule has 2 N–H and O–H groups in total. The summed E-state index contributed by atoms with van der Waals surface area (Å²) < 4.78 is 6.98. The predicted octanol–water partition coefficient (Wildman–Crippen LogP) is 3.04. The van der Waals surface area contributed by atoms with Gasteiger partial charge in [-0.05, 0) is 43.0 Å². The SMILES string of the molecule is CCNC(=NCCc1ccc(OC)cc1Cl)NCCc1cnn(C)c1.I. The summed E-state index contributed by atoms with van der Waals surface area (Å²) in [6.45, 7) is 4.34. The van der Waals surface area contributed by atoms with Crippen LogP contribution >= 0.6 is 35.6 Å². The van der Waals surface area contributed by atoms with Crippen LogP contribution in [0, 0.1) is 0 Å². The van der Waals surface area contributed by atoms with E-state index in [1.807, 2.05) is 42.3 Å². The minimum atomic E-state index is 0. The van der Waals surface area contributed by atoms with Crippen LogP contribution in [0.1, 0.15) is 18.1 Å². The van der Waals surface area contributed by atoms with Crippen molar-refractivity contribution >= 4 is 41.5 Å². The Balaban J connectivity index is 0.00000338. The minimum absolute atomic E-state index is 0. The van der Waals surface area contributed by atoms with Gasteiger partial charge >= 0.3 is 0 Å². The number of halogens is 2. The third-order valence-corrected chi connectivity index (χ3v) is 4.07. The van der Waals surface area contributed by atoms with Gasteiger partial charge in [0.05, 0.1) is 13.3 Å². The summed E-state index contributed by atoms with van der Waals surface area (Å²) in [5.74, 6) is 1.58. The zero-order chi connectivity index (χ0) is 18.1. The van der Waals surface area contributed by atoms with E-state index in [0.717, 1.165) is 43.2 Å². The molecule has 0 aliphatic heterocycles. The lowest BCUT2D eigenvalue weighted by molar-refractivity contribution is 0.414. The first kappa shape index (κ1) is 22.6. The van der Waals surface area contributed by atoms with Gasteiger partial charge in [-0.25, -0.2) is 0 Å². The number of guanidine groups is 1. The summed E-state index contributed by atoms with van der Waals surface area (Å²) in [5, 5.41) is 11.5. The molecular weight excluding hydrogens is 465 g/mol. The molecule has 0 atom stereocenters. The van der Waals surface area contributed by atoms with Crippen molar-refractivity contribution < 1.29 is 4.74 Å². The summed E-state index contributed by atoms with van der Waals surface area (Å²) in [6, 6.07) is 5.74. The summed E-state index contributed by atoms with van der Waals surface area (Å²) in [4.78, 5) is 4.61. The number of aromatic nitrogens is 2. The Morgan fingerprint density at radius 3 is 2.73 bits per heavy atom. The van der Waals surface area contributed by atoms with E-state index in [1.165, 1.54) is 5.56 Å². The first-order valence-electron chi connectivity index (χ1n) is 8.44. The van der Waals surface area contributed by atoms with E-state index in [1.54, 1.807) is 7.11 Å². The molecule has 0 aliphatic rings. The van der Waals surface area contributed by atoms with Crippen molar-refractivity contribution in [3.05, 3.63) is 46.7 Å². The fraction of sp³-hybridized carbons (Fsp3) is 0.444. The topological polar surface area (TPSA) is 63.5 Å². The highest BCUT2D eigenvalue weighted by Crippen LogP contribution is 2.22. The monoisotopic (exact) mass is 491 g/mol. The maximum absolute atomic E-state index is 6.27. The van der Waals surface area contributed by atoms with Gasteiger partial charge in [0.2, 0.25) is 0 Å². The quantitative estimate of drug-likeness (QED) is 0.338. The number of ether oxygens (including phenoxy) is 1. The van der Waals surface area contributed by atoms with Crippen LogP contribution in [0.4, 0.5) is 0 Å². The van der Waals surface area contributed by atoms with Crippen molar-refractivity contribution in [3.8, 4) is 5.75 Å². The molecule has 0 aliphatic carbocycles. The molecule has 1 aromatic heterocycles. The Bertz CT molecular complexity index is 705. The highest BCUT2D eigenvalue weighted by atomic mass is 127. The Hall–Kier alpha value is -1.48. The van der Waals surface area contributed by atoms with E-state index in [2.05, 4.69) is 27.6 Å². The Kier molecular flexibility index (Phi) is 10.4. The van der Waals surface area contributed by atoms with Gasteiger partial charge < -0.3 is 15.4 Å². The fourth-order valence-electron chi connectivity index (χ4n) is 2.41. The van der Waals surface area contributed by atoms with Gasteiger partial charge in [-0.1, -0.05) is 17.7 Å². The first-order valence-corrected chi connectivity index (χ1v) is 8.82. The van der Waals surface area contributed by atoms with Crippen molar-refractivity contribution in [3.63, 3.8) is 0 Å². The average molecular weight is 492 g/mol. The molecule has 26 heavy (non-hydrogen) atoms. The highest BCUT2D eigenvalue weighted by molar-refractivity contribution is 14.0. The summed E-state index contributed by atoms with van der Waals surface area (Å²) >= 11 is 6.27. The predicted molar refractivity (Wildman–Crippen MR) is 118 cm³/mol. The van der Waals surface area contributed by atoms with Crippen LogP contribution in [0.25, 0.3) is 0 Å². The molecule has 0 amide bonds. The van der Waals surface area contributed by atoms with Crippen molar-refractivity contribution in [2.45, 2.75) is 19.8 Å². The van der Waals surface area contributed by atoms with Crippen LogP contribution in [0.3, 0.4) is 0 Å². The van der Waals surface area contributed by atoms with Crippen LogP contribution in [0.2, 0.25) is 5.02 Å². The standard InChI is InChI=1S/C18H26ClN5O.HI/c1-4-20-18(21-9-7-14-12-23-24(2)13-14)22-10-8-15-5-6-16(25-3)11-17(15)19;/h5-6,11-13H,4,7-10H2,1-3H3,(H2,20,21,22);1H. The molecule has 0 fully saturated rings. The van der Waals surface area contributed by atoms with Crippen molar-refractivity contribution in [2.24, 2.45) is 12.0 Å². The smallest absolute Gasteiger partial charge is 0.191 e. The number of nitrogens with one attached hydrogen (secondary N) is 2. The Labute approximate surface area is 177 Å². The second-order valence-corrected chi connectivity index (χ2v) is 6.07. The molecule has 0 unspecified atom stereocenters. The number of benzene rings is 1. The molecule has 0 saturated heterocycles. The van der Waals surface area contributed by atoms with Crippen LogP contribution in [-0.4, -0.2) is 42.5 Å². The number of hydrogen-bond donors (Lipinski definition) is 2. The summed E-state index contributed by atoms with van der Waals surface area (Å²) in [7, 11) is 3.56. The first-order chi connectivity index (χ1) is 12.1. The average Bonchev–Trinajstić information content (AvgIpc) is 3.01. The summed E-state index contributed by atoms with van der Waals surface area (Å²) in [6.07, 6.45) is 5.60. The maximum atomic E-state index is 6.27. The van der Waals surface area contributed by atoms with Crippen molar-refractivity contribution in [1.82, 2.24) is 20.4 Å². The second kappa shape index (κ2) is 12.0. The number of aryl methyl sites for hydroxylation is 1. The molecule has 2 rings (SSSR count). The van der Waals surface area contributed by atoms with E-state index in [-0.39, 0.29) is 24.0 Å². The number of hydrogen-bond acceptors (Lipinski definition) is 3. The molecule has 144 valence electrons. The molecule has 2 aromatic rings. The fourth-order valence-corrected chi connectivity index (χ4v) is 2.68. The number of methoxy groups -OCH3 is 1. The van der Waals surface area contributed by atoms with Crippen LogP contribution in [0.5, 0.6) is 5.75 Å². The zero-order valence-electron chi connectivity index (χ0n) is 15.5. The third kappa shape index (κ3) is 7.41. The van der Waals surface area contributed by atoms with Gasteiger partial charge in [0.15, 0.2) is 5.96 Å². The van der Waals surface area contributed by atoms with Gasteiger partial charge in [0.1, 0.15) is 5.75 Å². The van der Waals surface area contributed by atoms with E-state index in [9.17, 15) is 0 Å². The largest absolute Gasteiger partial charge is 0.497 e. The number of rotatable bonds is 8. The van der Waals surface area contributed by atoms with Crippen LogP contribution in [-0.2, 0) is 19.9 Å². The maximum Gasteiger partial charge on any atom is 0.191 e. The number of aliphatic imine (C=N–C) groups is 1. The normalized spacial score (nSPS) is 11.0. The van der Waals surface area contributed by atoms with Gasteiger partial charge in [-0.2, -0.15) is 5.10 Å². The van der Waals surface area contributed by atoms with Crippen LogP contribution < -0.4 is 15.4 Å². The zero-order valence-corrected chi connectivity index (χ0v) is 18.5. The van der Waals surface area contributed by atoms with Gasteiger partial charge in [-0.3, -0.25) is 9.67 Å². The van der Waals surface area contributed by atoms with Crippen molar-refractivity contribution in [2.75, 3.05) is 26.7 Å². The van der Waals surface area contributed by atoms with E-state index in [0.29, 0.717) is 11.6 Å². The molecular formula is C18H27ClIN5O. The molecule has 0 saturated carbocycles. The second-order valence-electron chi connectivity index (χ2n) is 5.67. The van der Waals surface area contributed by atoms with Gasteiger partial charge in [0, 0.05) is 37.9 Å². The molecule has 1 heterocycles. The lowest BCUT2D eigenvalue weighted by Gasteiger charge is -2.11. The number of nitrogens with zero attached hydrogens (tertiary/aromatic N) is 3. The third-order valence-electron chi connectivity index (χ3n) is 3.72. The highest BCUT2D eigenvalue weighted by Gasteiger charge is 2.03. The molecule has 0 bridgehead atoms. The van der Waals surface area contributed by atoms with Crippen LogP contribution in [0.15, 0.2) is 35.6 Å². The van der Waals surface area contributed by atoms with E-state index in [4.69, 9.17) is 16.3 Å². The van der Waals surface area contributed by atoms with E-state index < -0.39 is 0 Å². The van der Waals surface area contributed by atoms with Gasteiger partial charge in [-0.15, -0.1) is 24.0 Å². The molecule has 8 heteroatoms. The molecule has 0 spiro atoms. The molecule has 0 radical (unpaired) electrons. The van der Waals surface area contributed by atoms with Gasteiger partial charge in [0.25, 0.3) is 0 Å². The van der Waals surface area contributed by atoms with Crippen molar-refractivity contribution in [1.29, 1.82) is 0 Å². The minimum Gasteiger partial charge on any atom is -0.497 e. The molecule has 1 aromatic carbocycles.